The minimum Gasteiger partial charge on any atom is -0.334 e. The molecule has 2 heterocycles. The van der Waals surface area contributed by atoms with Crippen molar-refractivity contribution in [3.05, 3.63) is 47.5 Å². The van der Waals surface area contributed by atoms with Gasteiger partial charge in [-0.15, -0.1) is 5.10 Å². The predicted octanol–water partition coefficient (Wildman–Crippen LogP) is 3.31. The van der Waals surface area contributed by atoms with Crippen LogP contribution in [-0.2, 0) is 13.0 Å². The van der Waals surface area contributed by atoms with E-state index in [9.17, 15) is 9.18 Å². The van der Waals surface area contributed by atoms with Gasteiger partial charge in [-0.25, -0.2) is 4.39 Å². The van der Waals surface area contributed by atoms with E-state index in [1.807, 2.05) is 4.90 Å². The molecule has 1 amide bonds. The molecule has 1 aliphatic heterocycles. The van der Waals surface area contributed by atoms with Crippen LogP contribution in [0.15, 0.2) is 30.5 Å². The molecule has 0 aliphatic carbocycles. The van der Waals surface area contributed by atoms with Gasteiger partial charge >= 0.3 is 0 Å². The maximum atomic E-state index is 13.1. The Hall–Kier alpha value is -2.24. The molecule has 1 aliphatic rings. The molecule has 0 radical (unpaired) electrons. The Morgan fingerprint density at radius 2 is 2.08 bits per heavy atom. The number of likely N-dealkylation sites (tertiary alicyclic amines) is 1. The molecular formula is C19H25FN4O. The summed E-state index contributed by atoms with van der Waals surface area (Å²) in [5, 5.41) is 8.14. The summed E-state index contributed by atoms with van der Waals surface area (Å²) < 4.78 is 14.8. The SMILES string of the molecule is CC(C)CCn1cc(C(=O)N2CCCC2Cc2ccc(F)cc2)nn1. The number of hydrogen-bond donors (Lipinski definition) is 0. The first-order valence-corrected chi connectivity index (χ1v) is 8.98. The highest BCUT2D eigenvalue weighted by atomic mass is 19.1. The largest absolute Gasteiger partial charge is 0.334 e. The Labute approximate surface area is 147 Å². The van der Waals surface area contributed by atoms with E-state index in [2.05, 4.69) is 24.2 Å². The molecule has 0 spiro atoms. The third kappa shape index (κ3) is 4.44. The lowest BCUT2D eigenvalue weighted by Crippen LogP contribution is -2.37. The summed E-state index contributed by atoms with van der Waals surface area (Å²) >= 11 is 0. The Morgan fingerprint density at radius 1 is 1.32 bits per heavy atom. The van der Waals surface area contributed by atoms with Gasteiger partial charge in [0.05, 0.1) is 6.20 Å². The molecular weight excluding hydrogens is 319 g/mol. The van der Waals surface area contributed by atoms with E-state index in [0.717, 1.165) is 44.3 Å². The van der Waals surface area contributed by atoms with Crippen LogP contribution in [0, 0.1) is 11.7 Å². The second-order valence-corrected chi connectivity index (χ2v) is 7.17. The topological polar surface area (TPSA) is 51.0 Å². The average molecular weight is 344 g/mol. The second kappa shape index (κ2) is 7.76. The number of amides is 1. The molecule has 6 heteroatoms. The normalized spacial score (nSPS) is 17.4. The predicted molar refractivity (Wildman–Crippen MR) is 93.6 cm³/mol. The molecule has 1 atom stereocenters. The van der Waals surface area contributed by atoms with Crippen molar-refractivity contribution in [2.45, 2.75) is 52.1 Å². The zero-order valence-corrected chi connectivity index (χ0v) is 14.9. The molecule has 25 heavy (non-hydrogen) atoms. The molecule has 1 aromatic carbocycles. The first-order valence-electron chi connectivity index (χ1n) is 8.98. The summed E-state index contributed by atoms with van der Waals surface area (Å²) in [5.74, 6) is 0.295. The lowest BCUT2D eigenvalue weighted by Gasteiger charge is -2.23. The van der Waals surface area contributed by atoms with Gasteiger partial charge in [0.25, 0.3) is 5.91 Å². The van der Waals surface area contributed by atoms with Crippen LogP contribution < -0.4 is 0 Å². The van der Waals surface area contributed by atoms with Crippen LogP contribution in [0.4, 0.5) is 4.39 Å². The van der Waals surface area contributed by atoms with Crippen molar-refractivity contribution in [2.24, 2.45) is 5.92 Å². The van der Waals surface area contributed by atoms with Crippen LogP contribution in [0.5, 0.6) is 0 Å². The molecule has 1 saturated heterocycles. The van der Waals surface area contributed by atoms with Crippen molar-refractivity contribution in [3.63, 3.8) is 0 Å². The Bertz CT molecular complexity index is 710. The first-order chi connectivity index (χ1) is 12.0. The van der Waals surface area contributed by atoms with Gasteiger partial charge in [0, 0.05) is 19.1 Å². The summed E-state index contributed by atoms with van der Waals surface area (Å²) in [6.07, 6.45) is 5.45. The highest BCUT2D eigenvalue weighted by Crippen LogP contribution is 2.23. The van der Waals surface area contributed by atoms with Gasteiger partial charge in [-0.3, -0.25) is 9.48 Å². The third-order valence-corrected chi connectivity index (χ3v) is 4.72. The summed E-state index contributed by atoms with van der Waals surface area (Å²) in [5.41, 5.74) is 1.46. The van der Waals surface area contributed by atoms with Gasteiger partial charge in [-0.2, -0.15) is 0 Å². The highest BCUT2D eigenvalue weighted by molar-refractivity contribution is 5.92. The monoisotopic (exact) mass is 344 g/mol. The first kappa shape index (κ1) is 17.6. The Balaban J connectivity index is 1.65. The zero-order valence-electron chi connectivity index (χ0n) is 14.9. The van der Waals surface area contributed by atoms with E-state index in [0.29, 0.717) is 11.6 Å². The van der Waals surface area contributed by atoms with Crippen LogP contribution >= 0.6 is 0 Å². The number of carbonyl (C=O) groups is 1. The summed E-state index contributed by atoms with van der Waals surface area (Å²) in [6.45, 7) is 5.83. The molecule has 0 bridgehead atoms. The fourth-order valence-electron chi connectivity index (χ4n) is 3.25. The standard InChI is InChI=1S/C19H25FN4O/c1-14(2)9-11-23-13-18(21-22-23)19(25)24-10-3-4-17(24)12-15-5-7-16(20)8-6-15/h5-8,13-14,17H,3-4,9-12H2,1-2H3. The van der Waals surface area contributed by atoms with Gasteiger partial charge in [0.2, 0.25) is 0 Å². The van der Waals surface area contributed by atoms with Crippen molar-refractivity contribution in [1.82, 2.24) is 19.9 Å². The van der Waals surface area contributed by atoms with Crippen LogP contribution in [0.2, 0.25) is 0 Å². The van der Waals surface area contributed by atoms with Crippen LogP contribution in [0.25, 0.3) is 0 Å². The quantitative estimate of drug-likeness (QED) is 0.808. The number of rotatable bonds is 6. The smallest absolute Gasteiger partial charge is 0.276 e. The van der Waals surface area contributed by atoms with Crippen LogP contribution in [0.1, 0.15) is 49.2 Å². The fraction of sp³-hybridized carbons (Fsp3) is 0.526. The maximum absolute atomic E-state index is 13.1. The minimum atomic E-state index is -0.235. The molecule has 1 aromatic heterocycles. The number of aromatic nitrogens is 3. The molecule has 5 nitrogen and oxygen atoms in total. The van der Waals surface area contributed by atoms with E-state index in [4.69, 9.17) is 0 Å². The maximum Gasteiger partial charge on any atom is 0.276 e. The van der Waals surface area contributed by atoms with Gasteiger partial charge in [-0.1, -0.05) is 31.2 Å². The van der Waals surface area contributed by atoms with E-state index in [1.54, 1.807) is 23.0 Å². The lowest BCUT2D eigenvalue weighted by atomic mass is 10.0. The molecule has 0 saturated carbocycles. The van der Waals surface area contributed by atoms with Gasteiger partial charge < -0.3 is 4.90 Å². The number of nitrogens with zero attached hydrogens (tertiary/aromatic N) is 4. The number of aryl methyl sites for hydroxylation is 1. The van der Waals surface area contributed by atoms with E-state index >= 15 is 0 Å². The number of benzene rings is 1. The van der Waals surface area contributed by atoms with Crippen LogP contribution in [0.3, 0.4) is 0 Å². The second-order valence-electron chi connectivity index (χ2n) is 7.17. The molecule has 2 aromatic rings. The van der Waals surface area contributed by atoms with Crippen molar-refractivity contribution >= 4 is 5.91 Å². The van der Waals surface area contributed by atoms with Gasteiger partial charge in [-0.05, 0) is 49.3 Å². The van der Waals surface area contributed by atoms with Crippen molar-refractivity contribution in [1.29, 1.82) is 0 Å². The van der Waals surface area contributed by atoms with E-state index < -0.39 is 0 Å². The average Bonchev–Trinajstić information content (AvgIpc) is 3.24. The molecule has 3 rings (SSSR count). The number of halogens is 1. The van der Waals surface area contributed by atoms with E-state index in [1.165, 1.54) is 12.1 Å². The van der Waals surface area contributed by atoms with E-state index in [-0.39, 0.29) is 17.8 Å². The third-order valence-electron chi connectivity index (χ3n) is 4.72. The van der Waals surface area contributed by atoms with Crippen molar-refractivity contribution < 1.29 is 9.18 Å². The molecule has 0 N–H and O–H groups in total. The fourth-order valence-corrected chi connectivity index (χ4v) is 3.25. The van der Waals surface area contributed by atoms with Crippen molar-refractivity contribution in [3.8, 4) is 0 Å². The minimum absolute atomic E-state index is 0.0552. The summed E-state index contributed by atoms with van der Waals surface area (Å²) in [4.78, 5) is 14.7. The van der Waals surface area contributed by atoms with Gasteiger partial charge in [0.15, 0.2) is 5.69 Å². The number of hydrogen-bond acceptors (Lipinski definition) is 3. The highest BCUT2D eigenvalue weighted by Gasteiger charge is 2.30. The molecule has 1 unspecified atom stereocenters. The lowest BCUT2D eigenvalue weighted by molar-refractivity contribution is 0.0730. The van der Waals surface area contributed by atoms with Crippen molar-refractivity contribution in [2.75, 3.05) is 6.54 Å². The zero-order chi connectivity index (χ0) is 17.8. The Morgan fingerprint density at radius 3 is 2.80 bits per heavy atom. The molecule has 134 valence electrons. The van der Waals surface area contributed by atoms with Gasteiger partial charge in [0.1, 0.15) is 5.82 Å². The molecule has 1 fully saturated rings. The summed E-state index contributed by atoms with van der Waals surface area (Å²) in [6, 6.07) is 6.66. The summed E-state index contributed by atoms with van der Waals surface area (Å²) in [7, 11) is 0. The Kier molecular flexibility index (Phi) is 5.46. The van der Waals surface area contributed by atoms with Crippen LogP contribution in [-0.4, -0.2) is 38.4 Å². The number of carbonyl (C=O) groups excluding carboxylic acids is 1.